The second-order valence-electron chi connectivity index (χ2n) is 21.8. The number of alkyl halides is 6. The van der Waals surface area contributed by atoms with Crippen LogP contribution in [-0.4, -0.2) is 161 Å². The Bertz CT molecular complexity index is 3890. The summed E-state index contributed by atoms with van der Waals surface area (Å²) in [4.78, 5) is 132. The number of nitrogens with one attached hydrogen (secondary N) is 7. The average molecular weight is 1400 g/mol. The lowest BCUT2D eigenvalue weighted by Gasteiger charge is -2.31. The van der Waals surface area contributed by atoms with Crippen LogP contribution in [0.1, 0.15) is 85.3 Å². The normalized spacial score (nSPS) is 20.7. The number of hydrogen-bond acceptors (Lipinski definition) is 20. The Kier molecular flexibility index (Phi) is 23.3. The van der Waals surface area contributed by atoms with Crippen LogP contribution < -0.4 is 52.4 Å². The number of aliphatic hydroxyl groups is 2. The van der Waals surface area contributed by atoms with E-state index in [1.807, 2.05) is 0 Å². The molecule has 0 radical (unpaired) electrons. The summed E-state index contributed by atoms with van der Waals surface area (Å²) in [6.45, 7) is 4.97. The third-order valence-corrected chi connectivity index (χ3v) is 14.4. The molecule has 10 rings (SSSR count). The van der Waals surface area contributed by atoms with Crippen molar-refractivity contribution in [2.24, 2.45) is 5.73 Å². The molecule has 0 unspecified atom stereocenters. The summed E-state index contributed by atoms with van der Waals surface area (Å²) in [6.07, 6.45) is -15.3. The van der Waals surface area contributed by atoms with E-state index in [0.29, 0.717) is 0 Å². The molecule has 11 bridgehead atoms. The first-order valence-corrected chi connectivity index (χ1v) is 28.1. The van der Waals surface area contributed by atoms with Gasteiger partial charge in [0.2, 0.25) is 47.1 Å². The van der Waals surface area contributed by atoms with Crippen LogP contribution >= 0.6 is 23.2 Å². The van der Waals surface area contributed by atoms with Crippen LogP contribution in [0.4, 0.5) is 26.3 Å². The van der Waals surface area contributed by atoms with Crippen LogP contribution in [0.5, 0.6) is 46.0 Å². The number of hydrogen-bond donors (Lipinski definition) is 17. The number of phenolic OH excluding ortho intramolecular Hbond substituents is 4. The summed E-state index contributed by atoms with van der Waals surface area (Å²) < 4.78 is 81.5. The van der Waals surface area contributed by atoms with E-state index in [1.54, 1.807) is 20.8 Å². The number of carbonyl (C=O) groups excluding carboxylic acids is 7. The van der Waals surface area contributed by atoms with Crippen molar-refractivity contribution < 1.29 is 134 Å². The van der Waals surface area contributed by atoms with Crippen molar-refractivity contribution in [3.63, 3.8) is 0 Å². The van der Waals surface area contributed by atoms with Gasteiger partial charge in [-0.25, -0.2) is 14.4 Å². The highest BCUT2D eigenvalue weighted by atomic mass is 35.5. The van der Waals surface area contributed by atoms with Gasteiger partial charge in [0.05, 0.1) is 28.7 Å². The molecule has 5 aromatic carbocycles. The molecule has 5 aliphatic heterocycles. The number of benzene rings is 5. The van der Waals surface area contributed by atoms with Gasteiger partial charge in [-0.15, -0.1) is 0 Å². The highest BCUT2D eigenvalue weighted by Crippen LogP contribution is 2.48. The predicted octanol–water partition coefficient (Wildman–Crippen LogP) is 3.43. The number of halogens is 8. The van der Waals surface area contributed by atoms with Crippen LogP contribution in [0.15, 0.2) is 78.9 Å². The van der Waals surface area contributed by atoms with Crippen molar-refractivity contribution in [1.29, 1.82) is 0 Å². The number of carboxylic acids is 3. The highest BCUT2D eigenvalue weighted by molar-refractivity contribution is 6.32. The van der Waals surface area contributed by atoms with Crippen LogP contribution in [0.25, 0.3) is 11.1 Å². The minimum atomic E-state index is -5.08. The fourth-order valence-electron chi connectivity index (χ4n) is 9.14. The van der Waals surface area contributed by atoms with Crippen LogP contribution in [0.3, 0.4) is 0 Å². The van der Waals surface area contributed by atoms with Gasteiger partial charge in [0.1, 0.15) is 77.2 Å². The standard InChI is InChI=1S/C54H54Cl2N8O18.2C2HF3O2/c1-54(2,3)80-19-30(58-4)48(73)63-42-44(69)21-6-9-33(27(55)12-21)81-35-14-23-15-36(46(35)71)82-34-10-7-22(13-28(34)56)45(70)43-52(77)62-41(53(78)79)26-16-24(65)17-32(67)38(26)25-11-20(5-8-31(25)66)39(49(74)64-43)61-50(75)40(23)60-47(72)29(18-37(57)68)59-51(42)76;2*3-2(4,5)1(6)7/h5-17,29-30,39-45,58,65-67,69-71H,18-19H2,1-4H3,(H2,57,68)(H,59,76)(H,60,72)(H,61,75)(H,62,77)(H,63,73)(H,64,74)(H,78,79);2*(H,6,7)/t29-,30+,39+,40+,41-,42+,43-,44+,45+;;/m0../s1. The van der Waals surface area contributed by atoms with Crippen molar-refractivity contribution in [3.05, 3.63) is 117 Å². The summed E-state index contributed by atoms with van der Waals surface area (Å²) in [6, 6.07) is 0.108. The number of carbonyl (C=O) groups is 10. The Morgan fingerprint density at radius 3 is 1.60 bits per heavy atom. The molecule has 5 heterocycles. The highest BCUT2D eigenvalue weighted by Gasteiger charge is 2.43. The van der Waals surface area contributed by atoms with Gasteiger partial charge in [-0.2, -0.15) is 26.3 Å². The van der Waals surface area contributed by atoms with Gasteiger partial charge in [-0.05, 0) is 105 Å². The zero-order valence-electron chi connectivity index (χ0n) is 49.5. The monoisotopic (exact) mass is 1400 g/mol. The number of amides is 7. The first-order valence-electron chi connectivity index (χ1n) is 27.3. The van der Waals surface area contributed by atoms with Gasteiger partial charge in [0.15, 0.2) is 17.5 Å². The first-order chi connectivity index (χ1) is 44.5. The molecule has 9 atom stereocenters. The number of rotatable bonds is 8. The SMILES string of the molecule is CN[C@H](COC(C)(C)C)C(=O)N[C@H]1C(=O)N[C@@H](CC(N)=O)C(=O)N[C@H]2C(=O)N[C@H]3C(=O)N[C@H](C(=O)N[C@H](C(=O)O)c4cc(O)cc(O)c4-c4cc3ccc4O)[C@H](O)c3ccc(c(Cl)c3)Oc3cc2cc(c3O)Oc2ccc(cc2Cl)[C@H]1O.O=C(O)C(F)(F)F.O=C(O)C(F)(F)F. The van der Waals surface area contributed by atoms with Gasteiger partial charge >= 0.3 is 30.3 Å². The molecule has 96 heavy (non-hydrogen) atoms. The van der Waals surface area contributed by atoms with Crippen LogP contribution in [0.2, 0.25) is 10.0 Å². The molecule has 516 valence electrons. The third kappa shape index (κ3) is 18.3. The Labute approximate surface area is 545 Å². The maximum absolute atomic E-state index is 15.4. The largest absolute Gasteiger partial charge is 0.508 e. The molecule has 7 amide bonds. The zero-order chi connectivity index (χ0) is 72.0. The Morgan fingerprint density at radius 1 is 0.615 bits per heavy atom. The molecular formula is C58H56Cl2F6N8O22. The number of fused-ring (bicyclic) bond motifs is 15. The van der Waals surface area contributed by atoms with E-state index >= 15 is 4.79 Å². The Hall–Kier alpha value is -10.4. The van der Waals surface area contributed by atoms with E-state index in [9.17, 15) is 95.6 Å². The summed E-state index contributed by atoms with van der Waals surface area (Å²) in [5, 5.41) is 110. The number of aromatic hydroxyl groups is 4. The minimum Gasteiger partial charge on any atom is -0.508 e. The maximum Gasteiger partial charge on any atom is 0.490 e. The molecular weight excluding hydrogens is 1350 g/mol. The lowest BCUT2D eigenvalue weighted by molar-refractivity contribution is -0.193. The lowest BCUT2D eigenvalue weighted by Crippen LogP contribution is -2.59. The molecule has 38 heteroatoms. The molecule has 0 fully saturated rings. The van der Waals surface area contributed by atoms with Crippen molar-refractivity contribution >= 4 is 82.5 Å². The van der Waals surface area contributed by atoms with Crippen molar-refractivity contribution in [3.8, 4) is 57.1 Å². The predicted molar refractivity (Wildman–Crippen MR) is 314 cm³/mol. The molecule has 0 aromatic heterocycles. The van der Waals surface area contributed by atoms with Gasteiger partial charge in [0.25, 0.3) is 0 Å². The quantitative estimate of drug-likeness (QED) is 0.0989. The summed E-state index contributed by atoms with van der Waals surface area (Å²) in [5.74, 6) is -20.7. The summed E-state index contributed by atoms with van der Waals surface area (Å²) in [7, 11) is 1.43. The molecule has 0 spiro atoms. The van der Waals surface area contributed by atoms with E-state index in [2.05, 4.69) is 37.2 Å². The maximum atomic E-state index is 15.4. The number of likely N-dealkylation sites (N-methyl/N-ethyl adjacent to an activating group) is 1. The summed E-state index contributed by atoms with van der Waals surface area (Å²) >= 11 is 13.5. The van der Waals surface area contributed by atoms with E-state index in [-0.39, 0.29) is 50.4 Å². The van der Waals surface area contributed by atoms with Crippen molar-refractivity contribution in [2.45, 2.75) is 99.6 Å². The number of primary amides is 1. The molecule has 5 aromatic rings. The first kappa shape index (κ1) is 74.6. The van der Waals surface area contributed by atoms with E-state index in [1.165, 1.54) is 25.2 Å². The number of nitrogens with two attached hydrogens (primary N) is 1. The fourth-order valence-corrected chi connectivity index (χ4v) is 9.59. The van der Waals surface area contributed by atoms with Crippen molar-refractivity contribution in [1.82, 2.24) is 37.2 Å². The third-order valence-electron chi connectivity index (χ3n) is 13.8. The number of ether oxygens (including phenoxy) is 3. The topological polar surface area (TPSA) is 491 Å². The van der Waals surface area contributed by atoms with Gasteiger partial charge in [-0.1, -0.05) is 41.4 Å². The molecule has 0 saturated carbocycles. The molecule has 0 saturated heterocycles. The average Bonchev–Trinajstić information content (AvgIpc) is 0.779. The van der Waals surface area contributed by atoms with Crippen LogP contribution in [0, 0.1) is 0 Å². The fraction of sp³-hybridized carbons (Fsp3) is 0.310. The Morgan fingerprint density at radius 2 is 1.11 bits per heavy atom. The number of carboxylic acid groups (broad SMARTS) is 3. The smallest absolute Gasteiger partial charge is 0.490 e. The molecule has 0 aliphatic carbocycles. The second kappa shape index (κ2) is 29.9. The number of aliphatic hydroxyl groups excluding tert-OH is 2. The summed E-state index contributed by atoms with van der Waals surface area (Å²) in [5.41, 5.74) is 2.52. The van der Waals surface area contributed by atoms with E-state index in [0.717, 1.165) is 60.7 Å². The van der Waals surface area contributed by atoms with Crippen LogP contribution in [-0.2, 0) is 52.7 Å². The number of aliphatic carboxylic acids is 3. The zero-order valence-corrected chi connectivity index (χ0v) is 51.1. The van der Waals surface area contributed by atoms with Gasteiger partial charge in [-0.3, -0.25) is 33.6 Å². The molecule has 30 nitrogen and oxygen atoms in total. The van der Waals surface area contributed by atoms with Gasteiger partial charge < -0.3 is 103 Å². The lowest BCUT2D eigenvalue weighted by atomic mass is 9.89. The van der Waals surface area contributed by atoms with Gasteiger partial charge in [0, 0.05) is 22.8 Å². The molecule has 18 N–H and O–H groups in total. The van der Waals surface area contributed by atoms with E-state index < -0.39 is 189 Å². The Balaban J connectivity index is 0.000000937. The van der Waals surface area contributed by atoms with E-state index in [4.69, 9.17) is 62.9 Å². The molecule has 5 aliphatic rings. The van der Waals surface area contributed by atoms with Crippen molar-refractivity contribution in [2.75, 3.05) is 13.7 Å². The second-order valence-corrected chi connectivity index (χ2v) is 22.6. The number of phenols is 4. The minimum absolute atomic E-state index is 0.101.